The monoisotopic (exact) mass is 266 g/mol. The van der Waals surface area contributed by atoms with Gasteiger partial charge in [0, 0.05) is 5.97 Å². The summed E-state index contributed by atoms with van der Waals surface area (Å²) in [5.41, 5.74) is 0. The summed E-state index contributed by atoms with van der Waals surface area (Å²) >= 11 is 0. The fraction of sp³-hybridized carbons (Fsp3) is 0.933. The largest absolute Gasteiger partial charge is 0.550 e. The predicted octanol–water partition coefficient (Wildman–Crippen LogP) is 4.97. The van der Waals surface area contributed by atoms with E-state index in [1.165, 1.54) is 19.3 Å². The number of hydrogen-bond acceptors (Lipinski definition) is 3. The van der Waals surface area contributed by atoms with E-state index >= 15 is 0 Å². The summed E-state index contributed by atoms with van der Waals surface area (Å²) < 4.78 is 0. The molecule has 0 bridgehead atoms. The zero-order valence-electron chi connectivity index (χ0n) is 14.6. The SMILES string of the molecule is CC.CCC.CCC.CCC.CCCC(=O)[O-].N. The molecule has 3 heteroatoms. The fourth-order valence-corrected chi connectivity index (χ4v) is 0.204. The third-order valence-electron chi connectivity index (χ3n) is 0.454. The molecule has 3 nitrogen and oxygen atoms in total. The van der Waals surface area contributed by atoms with Crippen LogP contribution in [0.3, 0.4) is 0 Å². The Morgan fingerprint density at radius 3 is 0.944 bits per heavy atom. The summed E-state index contributed by atoms with van der Waals surface area (Å²) in [4.78, 5) is 9.49. The van der Waals surface area contributed by atoms with Crippen LogP contribution in [0.25, 0.3) is 0 Å². The highest BCUT2D eigenvalue weighted by Crippen LogP contribution is 1.79. The highest BCUT2D eigenvalue weighted by atomic mass is 16.4. The maximum atomic E-state index is 9.49. The Hall–Kier alpha value is -0.570. The third-order valence-corrected chi connectivity index (χ3v) is 0.454. The molecule has 18 heavy (non-hydrogen) atoms. The zero-order chi connectivity index (χ0) is 15.1. The molecule has 3 N–H and O–H groups in total. The lowest BCUT2D eigenvalue weighted by molar-refractivity contribution is -0.305. The lowest BCUT2D eigenvalue weighted by Gasteiger charge is -1.92. The minimum absolute atomic E-state index is 0. The van der Waals surface area contributed by atoms with Crippen molar-refractivity contribution < 1.29 is 9.90 Å². The van der Waals surface area contributed by atoms with Crippen LogP contribution in [-0.4, -0.2) is 5.97 Å². The number of hydrogen-bond donors (Lipinski definition) is 1. The summed E-state index contributed by atoms with van der Waals surface area (Å²) in [6.07, 6.45) is 4.60. The van der Waals surface area contributed by atoms with Crippen molar-refractivity contribution in [2.45, 2.75) is 94.4 Å². The topological polar surface area (TPSA) is 75.1 Å². The normalized spacial score (nSPS) is 6.06. The second-order valence-electron chi connectivity index (χ2n) is 3.24. The summed E-state index contributed by atoms with van der Waals surface area (Å²) in [6, 6.07) is 0. The highest BCUT2D eigenvalue weighted by molar-refractivity contribution is 5.63. The Morgan fingerprint density at radius 2 is 0.944 bits per heavy atom. The Bertz CT molecular complexity index is 81.8. The zero-order valence-corrected chi connectivity index (χ0v) is 14.6. The standard InChI is InChI=1S/C4H8O2.3C3H8.C2H6.H3N/c1-2-3-4(5)6;3*1-3-2;1-2;/h2-3H2,1H3,(H,5,6);3*3H2,1-2H3;1-2H3;1H3/p-1. The molecule has 0 spiro atoms. The maximum absolute atomic E-state index is 9.49. The van der Waals surface area contributed by atoms with Crippen molar-refractivity contribution in [3.05, 3.63) is 0 Å². The lowest BCUT2D eigenvalue weighted by atomic mass is 10.4. The Morgan fingerprint density at radius 1 is 0.778 bits per heavy atom. The molecule has 0 saturated carbocycles. The Balaban J connectivity index is -0.0000000264. The summed E-state index contributed by atoms with van der Waals surface area (Å²) in [7, 11) is 0. The predicted molar refractivity (Wildman–Crippen MR) is 84.2 cm³/mol. The first-order chi connectivity index (χ1) is 8.01. The van der Waals surface area contributed by atoms with Crippen molar-refractivity contribution in [2.24, 2.45) is 0 Å². The van der Waals surface area contributed by atoms with Gasteiger partial charge in [0.25, 0.3) is 0 Å². The maximum Gasteiger partial charge on any atom is 0.0414 e. The molecule has 0 aliphatic heterocycles. The van der Waals surface area contributed by atoms with Gasteiger partial charge in [-0.05, 0) is 6.42 Å². The number of carboxylic acids is 1. The highest BCUT2D eigenvalue weighted by Gasteiger charge is 1.75. The van der Waals surface area contributed by atoms with Crippen LogP contribution >= 0.6 is 0 Å². The van der Waals surface area contributed by atoms with Gasteiger partial charge in [-0.15, -0.1) is 0 Å². The van der Waals surface area contributed by atoms with Gasteiger partial charge in [-0.3, -0.25) is 0 Å². The van der Waals surface area contributed by atoms with Gasteiger partial charge in [0.05, 0.1) is 0 Å². The summed E-state index contributed by atoms with van der Waals surface area (Å²) in [6.45, 7) is 18.6. The number of carbonyl (C=O) groups excluding carboxylic acids is 1. The third kappa shape index (κ3) is 544. The van der Waals surface area contributed by atoms with E-state index in [9.17, 15) is 9.90 Å². The first-order valence-corrected chi connectivity index (χ1v) is 7.21. The molecule has 0 rings (SSSR count). The smallest absolute Gasteiger partial charge is 0.0414 e. The van der Waals surface area contributed by atoms with Crippen LogP contribution in [0.4, 0.5) is 0 Å². The number of carbonyl (C=O) groups is 1. The minimum Gasteiger partial charge on any atom is -0.550 e. The van der Waals surface area contributed by atoms with E-state index < -0.39 is 5.97 Å². The molecule has 118 valence electrons. The molecule has 0 radical (unpaired) electrons. The van der Waals surface area contributed by atoms with E-state index in [2.05, 4.69) is 41.5 Å². The molecular formula is C15H40NO2-. The van der Waals surface area contributed by atoms with Gasteiger partial charge < -0.3 is 16.1 Å². The van der Waals surface area contributed by atoms with Crippen LogP contribution in [-0.2, 0) is 4.79 Å². The van der Waals surface area contributed by atoms with E-state index in [0.29, 0.717) is 6.42 Å². The molecule has 0 aromatic rings. The average molecular weight is 266 g/mol. The van der Waals surface area contributed by atoms with Gasteiger partial charge >= 0.3 is 0 Å². The van der Waals surface area contributed by atoms with Crippen molar-refractivity contribution in [3.63, 3.8) is 0 Å². The number of rotatable bonds is 2. The van der Waals surface area contributed by atoms with Crippen LogP contribution in [0.5, 0.6) is 0 Å². The molecule has 0 atom stereocenters. The molecule has 0 fully saturated rings. The number of carboxylic acid groups (broad SMARTS) is 1. The van der Waals surface area contributed by atoms with Crippen molar-refractivity contribution in [2.75, 3.05) is 0 Å². The summed E-state index contributed by atoms with van der Waals surface area (Å²) in [5.74, 6) is -0.961. The molecule has 0 heterocycles. The van der Waals surface area contributed by atoms with Crippen molar-refractivity contribution in [3.8, 4) is 0 Å². The second kappa shape index (κ2) is 70.9. The Kier molecular flexibility index (Phi) is 142. The molecule has 0 aromatic heterocycles. The second-order valence-corrected chi connectivity index (χ2v) is 3.24. The van der Waals surface area contributed by atoms with Gasteiger partial charge in [0.1, 0.15) is 0 Å². The molecule has 0 aliphatic carbocycles. The first kappa shape index (κ1) is 36.0. The quantitative estimate of drug-likeness (QED) is 0.766. The molecule has 0 saturated heterocycles. The molecule has 0 unspecified atom stereocenters. The van der Waals surface area contributed by atoms with Crippen molar-refractivity contribution >= 4 is 5.97 Å². The minimum atomic E-state index is -0.961. The van der Waals surface area contributed by atoms with Crippen molar-refractivity contribution in [1.29, 1.82) is 0 Å². The molecule has 0 aliphatic rings. The lowest BCUT2D eigenvalue weighted by Crippen LogP contribution is -2.20. The van der Waals surface area contributed by atoms with E-state index in [0.717, 1.165) is 0 Å². The van der Waals surface area contributed by atoms with Gasteiger partial charge in [0.15, 0.2) is 0 Å². The van der Waals surface area contributed by atoms with E-state index in [1.54, 1.807) is 6.92 Å². The van der Waals surface area contributed by atoms with Crippen LogP contribution in [0, 0.1) is 0 Å². The fourth-order valence-electron chi connectivity index (χ4n) is 0.204. The average Bonchev–Trinajstić information content (AvgIpc) is 2.24. The molecule has 0 aromatic carbocycles. The van der Waals surface area contributed by atoms with Crippen molar-refractivity contribution in [1.82, 2.24) is 6.15 Å². The first-order valence-electron chi connectivity index (χ1n) is 7.21. The van der Waals surface area contributed by atoms with Crippen LogP contribution in [0.1, 0.15) is 94.4 Å². The van der Waals surface area contributed by atoms with E-state index in [4.69, 9.17) is 0 Å². The number of aliphatic carboxylic acids is 1. The van der Waals surface area contributed by atoms with Gasteiger partial charge in [-0.25, -0.2) is 0 Å². The summed E-state index contributed by atoms with van der Waals surface area (Å²) in [5, 5.41) is 9.49. The van der Waals surface area contributed by atoms with E-state index in [-0.39, 0.29) is 12.6 Å². The van der Waals surface area contributed by atoms with E-state index in [1.807, 2.05) is 13.8 Å². The van der Waals surface area contributed by atoms with Crippen LogP contribution in [0.15, 0.2) is 0 Å². The van der Waals surface area contributed by atoms with Crippen LogP contribution < -0.4 is 11.3 Å². The van der Waals surface area contributed by atoms with Gasteiger partial charge in [-0.1, -0.05) is 88.0 Å². The Labute approximate surface area is 117 Å². The molecule has 0 amide bonds. The van der Waals surface area contributed by atoms with Gasteiger partial charge in [-0.2, -0.15) is 0 Å². The van der Waals surface area contributed by atoms with Crippen LogP contribution in [0.2, 0.25) is 0 Å². The molecular weight excluding hydrogens is 226 g/mol. The van der Waals surface area contributed by atoms with Gasteiger partial charge in [0.2, 0.25) is 0 Å².